The van der Waals surface area contributed by atoms with Crippen molar-refractivity contribution in [2.45, 2.75) is 361 Å². The Hall–Kier alpha value is -4.17. The average Bonchev–Trinajstić information content (AvgIpc) is 0.707. The van der Waals surface area contributed by atoms with E-state index in [9.17, 15) is 105 Å². The van der Waals surface area contributed by atoms with E-state index in [2.05, 4.69) is 41.5 Å². The highest BCUT2D eigenvalue weighted by Gasteiger charge is 2.48. The van der Waals surface area contributed by atoms with E-state index in [1.54, 1.807) is 0 Å². The predicted octanol–water partition coefficient (Wildman–Crippen LogP) is 32.2. The van der Waals surface area contributed by atoms with Crippen LogP contribution in [0.3, 0.4) is 0 Å². The molecule has 0 saturated carbocycles. The second-order valence-corrected chi connectivity index (χ2v) is 39.4. The molecule has 0 radical (unpaired) electrons. The number of nitrogens with zero attached hydrogens (tertiary/aromatic N) is 1. The normalized spacial score (nSPS) is 13.2. The van der Waals surface area contributed by atoms with Gasteiger partial charge in [0.2, 0.25) is 14.1 Å². The number of benzene rings is 4. The summed E-state index contributed by atoms with van der Waals surface area (Å²) < 4.78 is 348. The number of unbranched alkanes of at least 4 members (excludes halogenated alkanes) is 36. The molecule has 0 bridgehead atoms. The lowest BCUT2D eigenvalue weighted by molar-refractivity contribution is -0.144. The summed E-state index contributed by atoms with van der Waals surface area (Å²) in [6.07, 6.45) is 15.4. The maximum absolute atomic E-state index is 14.2. The van der Waals surface area contributed by atoms with Gasteiger partial charge < -0.3 is 0 Å². The van der Waals surface area contributed by atoms with Crippen LogP contribution in [0.1, 0.15) is 356 Å². The number of rotatable bonds is 52. The first kappa shape index (κ1) is 104. The molecule has 0 saturated heterocycles. The second kappa shape index (κ2) is 50.2. The Morgan fingerprint density at radius 1 is 0.184 bits per heavy atom. The summed E-state index contributed by atoms with van der Waals surface area (Å²) >= 11 is 0. The van der Waals surface area contributed by atoms with Gasteiger partial charge in [0.05, 0.1) is 44.5 Å². The van der Waals surface area contributed by atoms with Crippen LogP contribution in [-0.2, 0) is 49.4 Å². The quantitative estimate of drug-likeness (QED) is 0.0138. The highest BCUT2D eigenvalue weighted by atomic mass is 31.2. The van der Waals surface area contributed by atoms with Gasteiger partial charge in [-0.15, -0.1) is 0 Å². The molecule has 114 heavy (non-hydrogen) atoms. The van der Waals surface area contributed by atoms with E-state index in [0.29, 0.717) is 0 Å². The molecule has 0 unspecified atom stereocenters. The van der Waals surface area contributed by atoms with E-state index in [1.165, 1.54) is 307 Å². The molecule has 0 N–H and O–H groups in total. The second-order valence-electron chi connectivity index (χ2n) is 31.6. The minimum absolute atomic E-state index is 0.691. The Morgan fingerprint density at radius 2 is 0.298 bits per heavy atom. The fraction of sp³-hybridized carbons (Fsp3) is 0.721. The molecule has 0 atom stereocenters. The van der Waals surface area contributed by atoms with Gasteiger partial charge in [-0.2, -0.15) is 131 Å². The summed E-state index contributed by atoms with van der Waals surface area (Å²) in [5.74, 6) is 0. The lowest BCUT2D eigenvalue weighted by Gasteiger charge is -2.46. The summed E-state index contributed by atoms with van der Waals surface area (Å²) in [6.45, 7) is 14.2. The van der Waals surface area contributed by atoms with Crippen LogP contribution in [0, 0.1) is 0 Å². The zero-order valence-corrected chi connectivity index (χ0v) is 69.6. The van der Waals surface area contributed by atoms with Crippen molar-refractivity contribution in [3.05, 3.63) is 117 Å². The van der Waals surface area contributed by atoms with E-state index >= 15 is 0 Å². The van der Waals surface area contributed by atoms with Crippen molar-refractivity contribution >= 4 is 42.1 Å². The van der Waals surface area contributed by atoms with Crippen LogP contribution >= 0.6 is 14.1 Å². The minimum Gasteiger partial charge on any atom is -0.194 e. The predicted molar refractivity (Wildman–Crippen MR) is 423 cm³/mol. The molecule has 0 aliphatic carbocycles. The summed E-state index contributed by atoms with van der Waals surface area (Å²) in [5.41, 5.74) is -30.2. The summed E-state index contributed by atoms with van der Waals surface area (Å²) in [7, 11) is -2.68. The summed E-state index contributed by atoms with van der Waals surface area (Å²) in [5, 5.41) is 0. The number of hydrogen-bond acceptors (Lipinski definition) is 0. The molecule has 656 valence electrons. The van der Waals surface area contributed by atoms with Crippen LogP contribution < -0.4 is 26.0 Å². The van der Waals surface area contributed by atoms with E-state index in [4.69, 9.17) is 4.17 Å². The first-order valence-electron chi connectivity index (χ1n) is 42.2. The minimum atomic E-state index is -6.13. The van der Waals surface area contributed by atoms with Crippen LogP contribution in [0.25, 0.3) is 0 Å². The maximum atomic E-state index is 14.2. The van der Waals surface area contributed by atoms with E-state index in [1.807, 2.05) is 0 Å². The van der Waals surface area contributed by atoms with Gasteiger partial charge in [-0.1, -0.05) is 321 Å². The third-order valence-electron chi connectivity index (χ3n) is 21.9. The van der Waals surface area contributed by atoms with Gasteiger partial charge in [0.15, 0.2) is 0 Å². The Kier molecular flexibility index (Phi) is 45.8. The van der Waals surface area contributed by atoms with Crippen LogP contribution in [0.5, 0.6) is 0 Å². The van der Waals surface area contributed by atoms with Gasteiger partial charge in [0, 0.05) is 37.0 Å². The zero-order chi connectivity index (χ0) is 85.6. The number of alkyl halides is 24. The smallest absolute Gasteiger partial charge is 0.194 e. The molecule has 1 nitrogen and oxygen atoms in total. The highest BCUT2D eigenvalue weighted by molar-refractivity contribution is 7.73. The van der Waals surface area contributed by atoms with Crippen molar-refractivity contribution in [1.29, 1.82) is 0 Å². The van der Waals surface area contributed by atoms with Crippen molar-refractivity contribution < 1.29 is 105 Å². The Balaban J connectivity index is 0.000000590. The molecule has 0 amide bonds. The number of hydrogen-bond donors (Lipinski definition) is 0. The molecule has 0 aromatic heterocycles. The fourth-order valence-corrected chi connectivity index (χ4v) is 27.2. The van der Waals surface area contributed by atoms with Crippen molar-refractivity contribution in [3.8, 4) is 0 Å². The lowest BCUT2D eigenvalue weighted by atomic mass is 9.12. The molecule has 0 spiro atoms. The first-order chi connectivity index (χ1) is 53.3. The average molecular weight is 1700 g/mol. The highest BCUT2D eigenvalue weighted by Crippen LogP contribution is 2.57. The summed E-state index contributed by atoms with van der Waals surface area (Å²) in [6, 6.07) is -8.81. The topological polar surface area (TPSA) is 14.1 Å². The van der Waals surface area contributed by atoms with Crippen molar-refractivity contribution in [3.63, 3.8) is 0 Å². The SMILES string of the molecule is CCCCCCCCCP(CCCCCCCCC)(CCCCCCCCC)=[N+]=P(CCCCCCCCC)(CCCCCCCCC)CCCCCCCCC.FC(F)(F)c1cc([B-](c2cc(C(F)(F)F)cc(C(F)(F)F)c2)(c2cc(C(F)(F)F)cc(C(F)(F)F)c2)c2cc(C(F)(F)F)cc(C(F)(F)F)c2)cc(C(F)(F)F)c1. The van der Waals surface area contributed by atoms with E-state index in [0.717, 1.165) is 0 Å². The monoisotopic (exact) mass is 1700 g/mol. The molecule has 28 heteroatoms. The molecule has 0 aliphatic rings. The van der Waals surface area contributed by atoms with E-state index < -0.39 is 209 Å². The molecule has 0 aliphatic heterocycles. The maximum Gasteiger partial charge on any atom is 0.416 e. The third kappa shape index (κ3) is 37.2. The summed E-state index contributed by atoms with van der Waals surface area (Å²) in [4.78, 5) is 0. The largest absolute Gasteiger partial charge is 0.416 e. The van der Waals surface area contributed by atoms with Crippen LogP contribution in [0.4, 0.5) is 105 Å². The van der Waals surface area contributed by atoms with Gasteiger partial charge in [0.25, 0.3) is 0 Å². The third-order valence-corrected chi connectivity index (χ3v) is 31.8. The standard InChI is InChI=1S/C54H114NP2.C32H12BF24/c1-7-13-19-25-31-37-43-49-56(50-44-38-32-26-20-14-8-2,51-45-39-33-27-21-15-9-3)55-57(52-46-40-34-28-22-16-10-4,53-47-41-35-29-23-17-11-5)54-48-42-36-30-24-18-12-6;34-25(35,36)13-1-14(26(37,38)39)6-21(5-13)33(22-7-15(27(40,41)42)2-16(8-22)28(43,44)45,23-9-17(29(46,47)48)3-18(10-23)30(49,50)51)24-11-19(31(52,53)54)4-20(12-24)32(55,56)57/h7-54H2,1-6H3;1-12H/q+1;-1. The molecule has 4 rings (SSSR count). The molecular formula is C86H126BF24NP2. The van der Waals surface area contributed by atoms with Gasteiger partial charge in [0.1, 0.15) is 6.15 Å². The lowest BCUT2D eigenvalue weighted by Crippen LogP contribution is -2.75. The van der Waals surface area contributed by atoms with E-state index in [-0.39, 0.29) is 0 Å². The van der Waals surface area contributed by atoms with Gasteiger partial charge in [-0.25, -0.2) is 0 Å². The Morgan fingerprint density at radius 3 is 0.412 bits per heavy atom. The van der Waals surface area contributed by atoms with Gasteiger partial charge >= 0.3 is 49.4 Å². The van der Waals surface area contributed by atoms with Gasteiger partial charge in [-0.05, 0) is 62.8 Å². The van der Waals surface area contributed by atoms with Crippen molar-refractivity contribution in [2.75, 3.05) is 37.0 Å². The molecule has 4 aromatic rings. The molecular weight excluding hydrogens is 1580 g/mol. The zero-order valence-electron chi connectivity index (χ0n) is 67.9. The van der Waals surface area contributed by atoms with Crippen LogP contribution in [0.2, 0.25) is 0 Å². The molecule has 0 fully saturated rings. The van der Waals surface area contributed by atoms with Crippen LogP contribution in [-0.4, -0.2) is 43.1 Å². The van der Waals surface area contributed by atoms with Crippen molar-refractivity contribution in [2.24, 2.45) is 0 Å². The first-order valence-corrected chi connectivity index (χ1v) is 46.8. The molecule has 0 heterocycles. The van der Waals surface area contributed by atoms with Crippen LogP contribution in [0.15, 0.2) is 72.8 Å². The molecule has 4 aromatic carbocycles. The Bertz CT molecular complexity index is 2850. The fourth-order valence-electron chi connectivity index (χ4n) is 15.6. The van der Waals surface area contributed by atoms with Gasteiger partial charge in [-0.3, -0.25) is 0 Å². The Labute approximate surface area is 663 Å². The van der Waals surface area contributed by atoms with Crippen molar-refractivity contribution in [1.82, 2.24) is 4.17 Å². The number of halogens is 24.